The highest BCUT2D eigenvalue weighted by Gasteiger charge is 2.18. The molecule has 150 valence electrons. The van der Waals surface area contributed by atoms with Crippen molar-refractivity contribution in [2.45, 2.75) is 13.0 Å². The van der Waals surface area contributed by atoms with Crippen LogP contribution in [0.15, 0.2) is 42.5 Å². The molecule has 8 heteroatoms. The van der Waals surface area contributed by atoms with E-state index in [-0.39, 0.29) is 0 Å². The van der Waals surface area contributed by atoms with Crippen molar-refractivity contribution in [2.75, 3.05) is 19.5 Å². The van der Waals surface area contributed by atoms with Gasteiger partial charge in [0.2, 0.25) is 0 Å². The van der Waals surface area contributed by atoms with E-state index in [2.05, 4.69) is 5.32 Å². The number of esters is 1. The summed E-state index contributed by atoms with van der Waals surface area (Å²) in [6.45, 7) is 1.43. The fourth-order valence-electron chi connectivity index (χ4n) is 2.39. The summed E-state index contributed by atoms with van der Waals surface area (Å²) < 4.78 is 15.5. The van der Waals surface area contributed by atoms with Crippen LogP contribution in [0.25, 0.3) is 6.08 Å². The molecular weight excluding hydrogens is 396 g/mol. The number of carbonyl (C=O) groups is 2. The quantitative estimate of drug-likeness (QED) is 0.546. The Hall–Kier alpha value is -3.50. The number of halogens is 1. The van der Waals surface area contributed by atoms with E-state index in [0.717, 1.165) is 0 Å². The van der Waals surface area contributed by atoms with Crippen LogP contribution < -0.4 is 14.8 Å². The minimum atomic E-state index is -1.06. The number of hydrogen-bond donors (Lipinski definition) is 1. The molecule has 1 atom stereocenters. The number of amides is 1. The Morgan fingerprint density at radius 2 is 1.93 bits per heavy atom. The Morgan fingerprint density at radius 3 is 2.59 bits per heavy atom. The molecule has 2 rings (SSSR count). The van der Waals surface area contributed by atoms with Gasteiger partial charge >= 0.3 is 5.97 Å². The molecule has 0 aliphatic rings. The third-order valence-corrected chi connectivity index (χ3v) is 4.12. The SMILES string of the molecule is COc1cc(/C=C/C(=O)O[C@@H](C)C(=O)Nc2ccccc2C#N)cc(Cl)c1OC. The zero-order chi connectivity index (χ0) is 21.4. The molecule has 7 nitrogen and oxygen atoms in total. The lowest BCUT2D eigenvalue weighted by Gasteiger charge is -2.13. The van der Waals surface area contributed by atoms with E-state index in [9.17, 15) is 9.59 Å². The lowest BCUT2D eigenvalue weighted by molar-refractivity contribution is -0.148. The maximum atomic E-state index is 12.2. The van der Waals surface area contributed by atoms with Crippen LogP contribution in [-0.2, 0) is 14.3 Å². The fraction of sp³-hybridized carbons (Fsp3) is 0.190. The van der Waals surface area contributed by atoms with E-state index in [0.29, 0.717) is 33.3 Å². The van der Waals surface area contributed by atoms with E-state index >= 15 is 0 Å². The maximum Gasteiger partial charge on any atom is 0.331 e. The van der Waals surface area contributed by atoms with Gasteiger partial charge in [-0.25, -0.2) is 4.79 Å². The number of nitriles is 1. The van der Waals surface area contributed by atoms with Crippen LogP contribution in [0.5, 0.6) is 11.5 Å². The smallest absolute Gasteiger partial charge is 0.331 e. The number of benzene rings is 2. The van der Waals surface area contributed by atoms with Crippen molar-refractivity contribution in [1.82, 2.24) is 0 Å². The van der Waals surface area contributed by atoms with E-state index in [1.54, 1.807) is 36.4 Å². The first-order valence-electron chi connectivity index (χ1n) is 8.49. The second-order valence-electron chi connectivity index (χ2n) is 5.80. The molecular formula is C21H19ClN2O5. The van der Waals surface area contributed by atoms with Crippen LogP contribution in [0.2, 0.25) is 5.02 Å². The van der Waals surface area contributed by atoms with Gasteiger partial charge in [0.05, 0.1) is 30.5 Å². The van der Waals surface area contributed by atoms with Gasteiger partial charge in [0.25, 0.3) is 5.91 Å². The van der Waals surface area contributed by atoms with Crippen molar-refractivity contribution in [3.8, 4) is 17.6 Å². The van der Waals surface area contributed by atoms with Gasteiger partial charge in [-0.2, -0.15) is 5.26 Å². The van der Waals surface area contributed by atoms with E-state index in [4.69, 9.17) is 31.1 Å². The maximum absolute atomic E-state index is 12.2. The number of para-hydroxylation sites is 1. The summed E-state index contributed by atoms with van der Waals surface area (Å²) in [5.41, 5.74) is 1.24. The number of nitrogens with one attached hydrogen (secondary N) is 1. The fourth-order valence-corrected chi connectivity index (χ4v) is 2.69. The molecule has 2 aromatic rings. The normalized spacial score (nSPS) is 11.4. The molecule has 0 aliphatic heterocycles. The second kappa shape index (κ2) is 10.2. The summed E-state index contributed by atoms with van der Waals surface area (Å²) in [5, 5.41) is 11.9. The van der Waals surface area contributed by atoms with Gasteiger partial charge in [-0.1, -0.05) is 23.7 Å². The van der Waals surface area contributed by atoms with Crippen LogP contribution in [0, 0.1) is 11.3 Å². The Morgan fingerprint density at radius 1 is 1.21 bits per heavy atom. The molecule has 0 saturated heterocycles. The monoisotopic (exact) mass is 414 g/mol. The summed E-state index contributed by atoms with van der Waals surface area (Å²) in [7, 11) is 2.94. The lowest BCUT2D eigenvalue weighted by Crippen LogP contribution is -2.29. The van der Waals surface area contributed by atoms with Crippen molar-refractivity contribution in [1.29, 1.82) is 5.26 Å². The highest BCUT2D eigenvalue weighted by atomic mass is 35.5. The van der Waals surface area contributed by atoms with Crippen LogP contribution in [0.3, 0.4) is 0 Å². The van der Waals surface area contributed by atoms with E-state index in [1.807, 2.05) is 6.07 Å². The molecule has 1 N–H and O–H groups in total. The number of anilines is 1. The molecule has 29 heavy (non-hydrogen) atoms. The molecule has 1 amide bonds. The van der Waals surface area contributed by atoms with Crippen LogP contribution in [0.1, 0.15) is 18.1 Å². The third kappa shape index (κ3) is 5.74. The van der Waals surface area contributed by atoms with Gasteiger partial charge in [0.1, 0.15) is 6.07 Å². The van der Waals surface area contributed by atoms with Gasteiger partial charge in [-0.15, -0.1) is 0 Å². The summed E-state index contributed by atoms with van der Waals surface area (Å²) in [4.78, 5) is 24.3. The molecule has 0 aromatic heterocycles. The Bertz CT molecular complexity index is 982. The Kier molecular flexibility index (Phi) is 7.63. The number of carbonyl (C=O) groups excluding carboxylic acids is 2. The number of methoxy groups -OCH3 is 2. The van der Waals surface area contributed by atoms with Crippen LogP contribution in [-0.4, -0.2) is 32.2 Å². The van der Waals surface area contributed by atoms with Crippen molar-refractivity contribution in [3.63, 3.8) is 0 Å². The van der Waals surface area contributed by atoms with Gasteiger partial charge in [0.15, 0.2) is 17.6 Å². The molecule has 0 fully saturated rings. The van der Waals surface area contributed by atoms with Crippen molar-refractivity contribution >= 4 is 35.2 Å². The first kappa shape index (κ1) is 21.8. The molecule has 0 radical (unpaired) electrons. The number of nitrogens with zero attached hydrogens (tertiary/aromatic N) is 1. The van der Waals surface area contributed by atoms with Gasteiger partial charge in [-0.3, -0.25) is 4.79 Å². The summed E-state index contributed by atoms with van der Waals surface area (Å²) in [6.07, 6.45) is 1.59. The lowest BCUT2D eigenvalue weighted by atomic mass is 10.2. The van der Waals surface area contributed by atoms with Crippen molar-refractivity contribution < 1.29 is 23.8 Å². The zero-order valence-corrected chi connectivity index (χ0v) is 16.8. The topological polar surface area (TPSA) is 97.6 Å². The first-order valence-corrected chi connectivity index (χ1v) is 8.87. The van der Waals surface area contributed by atoms with E-state index < -0.39 is 18.0 Å². The number of ether oxygens (including phenoxy) is 3. The predicted molar refractivity (Wildman–Crippen MR) is 109 cm³/mol. The molecule has 0 unspecified atom stereocenters. The minimum Gasteiger partial charge on any atom is -0.493 e. The van der Waals surface area contributed by atoms with Crippen molar-refractivity contribution in [3.05, 3.63) is 58.6 Å². The van der Waals surface area contributed by atoms with Crippen LogP contribution >= 0.6 is 11.6 Å². The van der Waals surface area contributed by atoms with Gasteiger partial charge < -0.3 is 19.5 Å². The van der Waals surface area contributed by atoms with Crippen molar-refractivity contribution in [2.24, 2.45) is 0 Å². The molecule has 2 aromatic carbocycles. The average molecular weight is 415 g/mol. The highest BCUT2D eigenvalue weighted by Crippen LogP contribution is 2.36. The largest absolute Gasteiger partial charge is 0.493 e. The molecule has 0 bridgehead atoms. The number of rotatable bonds is 7. The van der Waals surface area contributed by atoms with E-state index in [1.165, 1.54) is 33.3 Å². The molecule has 0 saturated carbocycles. The second-order valence-corrected chi connectivity index (χ2v) is 6.20. The molecule has 0 aliphatic carbocycles. The average Bonchev–Trinajstić information content (AvgIpc) is 2.72. The molecule has 0 spiro atoms. The Balaban J connectivity index is 2.02. The van der Waals surface area contributed by atoms with Gasteiger partial charge in [0, 0.05) is 6.08 Å². The Labute approximate surface area is 173 Å². The van der Waals surface area contributed by atoms with Crippen LogP contribution in [0.4, 0.5) is 5.69 Å². The summed E-state index contributed by atoms with van der Waals surface area (Å²) >= 11 is 6.13. The standard InChI is InChI=1S/C21H19ClN2O5/c1-13(21(26)24-17-7-5-4-6-15(17)12-23)29-19(25)9-8-14-10-16(22)20(28-3)18(11-14)27-2/h4-11,13H,1-3H3,(H,24,26)/b9-8+/t13-/m0/s1. The third-order valence-electron chi connectivity index (χ3n) is 3.84. The molecule has 0 heterocycles. The minimum absolute atomic E-state index is 0.310. The summed E-state index contributed by atoms with van der Waals surface area (Å²) in [5.74, 6) is -0.468. The number of hydrogen-bond acceptors (Lipinski definition) is 6. The predicted octanol–water partition coefficient (Wildman–Crippen LogP) is 3.81. The van der Waals surface area contributed by atoms with Gasteiger partial charge in [-0.05, 0) is 42.8 Å². The highest BCUT2D eigenvalue weighted by molar-refractivity contribution is 6.32. The summed E-state index contributed by atoms with van der Waals surface area (Å²) in [6, 6.07) is 11.7. The zero-order valence-electron chi connectivity index (χ0n) is 16.1. The first-order chi connectivity index (χ1) is 13.9.